The SMILES string of the molecule is CC(C1CCN(C(=O)c2ncc(C(F)(F)P)cc2SC2CC2)CC1)S(=O)(=O)c1cccc(C(F)(F)F)c1. The number of amides is 1. The molecule has 202 valence electrons. The third kappa shape index (κ3) is 6.45. The predicted molar refractivity (Wildman–Crippen MR) is 133 cm³/mol. The predicted octanol–water partition coefficient (Wildman–Crippen LogP) is 5.99. The molecular weight excluding hydrogens is 554 g/mol. The second-order valence-electron chi connectivity index (χ2n) is 9.42. The third-order valence-corrected chi connectivity index (χ3v) is 10.7. The summed E-state index contributed by atoms with van der Waals surface area (Å²) >= 11 is 1.36. The Balaban J connectivity index is 1.46. The van der Waals surface area contributed by atoms with Crippen LogP contribution in [0.3, 0.4) is 0 Å². The lowest BCUT2D eigenvalue weighted by Crippen LogP contribution is -2.42. The van der Waals surface area contributed by atoms with Gasteiger partial charge in [-0.3, -0.25) is 4.79 Å². The molecule has 2 aliphatic rings. The van der Waals surface area contributed by atoms with Crippen molar-refractivity contribution in [3.63, 3.8) is 0 Å². The van der Waals surface area contributed by atoms with Gasteiger partial charge in [-0.25, -0.2) is 13.4 Å². The number of alkyl halides is 5. The van der Waals surface area contributed by atoms with Crippen LogP contribution in [0.1, 0.15) is 54.2 Å². The monoisotopic (exact) mass is 580 g/mol. The van der Waals surface area contributed by atoms with Gasteiger partial charge in [-0.15, -0.1) is 11.8 Å². The molecule has 1 saturated heterocycles. The molecule has 2 atom stereocenters. The number of sulfone groups is 1. The Morgan fingerprint density at radius 1 is 1.08 bits per heavy atom. The van der Waals surface area contributed by atoms with Gasteiger partial charge in [0, 0.05) is 35.0 Å². The number of aromatic nitrogens is 1. The molecule has 1 amide bonds. The molecule has 0 radical (unpaired) electrons. The summed E-state index contributed by atoms with van der Waals surface area (Å²) in [6, 6.07) is 5.01. The zero-order valence-electron chi connectivity index (χ0n) is 19.8. The number of hydrogen-bond donors (Lipinski definition) is 0. The van der Waals surface area contributed by atoms with Crippen LogP contribution in [0.25, 0.3) is 0 Å². The number of carbonyl (C=O) groups excluding carboxylic acids is 1. The van der Waals surface area contributed by atoms with Crippen molar-refractivity contribution in [3.05, 3.63) is 53.3 Å². The summed E-state index contributed by atoms with van der Waals surface area (Å²) in [5.41, 5.74) is -4.41. The molecule has 4 rings (SSSR count). The van der Waals surface area contributed by atoms with Crippen LogP contribution in [0, 0.1) is 5.92 Å². The smallest absolute Gasteiger partial charge is 0.337 e. The molecule has 2 heterocycles. The number of nitrogens with zero attached hydrogens (tertiary/aromatic N) is 2. The topological polar surface area (TPSA) is 67.3 Å². The molecular formula is C24H26F5N2O3PS2. The van der Waals surface area contributed by atoms with E-state index in [1.807, 2.05) is 0 Å². The van der Waals surface area contributed by atoms with Gasteiger partial charge >= 0.3 is 6.18 Å². The highest BCUT2D eigenvalue weighted by atomic mass is 32.2. The van der Waals surface area contributed by atoms with E-state index >= 15 is 0 Å². The van der Waals surface area contributed by atoms with Gasteiger partial charge in [-0.2, -0.15) is 22.0 Å². The second kappa shape index (κ2) is 10.4. The van der Waals surface area contributed by atoms with E-state index in [4.69, 9.17) is 0 Å². The second-order valence-corrected chi connectivity index (χ2v) is 13.8. The van der Waals surface area contributed by atoms with Crippen molar-refractivity contribution >= 4 is 36.7 Å². The number of thioether (sulfide) groups is 1. The first-order valence-corrected chi connectivity index (χ1v) is 14.7. The van der Waals surface area contributed by atoms with Crippen molar-refractivity contribution < 1.29 is 35.2 Å². The quantitative estimate of drug-likeness (QED) is 0.297. The van der Waals surface area contributed by atoms with Crippen molar-refractivity contribution in [2.24, 2.45) is 5.92 Å². The zero-order chi connectivity index (χ0) is 27.2. The number of rotatable bonds is 7. The normalized spacial score (nSPS) is 18.6. The Morgan fingerprint density at radius 2 is 1.73 bits per heavy atom. The Labute approximate surface area is 218 Å². The van der Waals surface area contributed by atoms with E-state index in [1.165, 1.54) is 38.9 Å². The van der Waals surface area contributed by atoms with E-state index in [0.717, 1.165) is 37.2 Å². The molecule has 1 aromatic carbocycles. The standard InChI is InChI=1S/C24H26F5N2O3PS2/c1-14(37(33,34)19-4-2-3-16(11-19)23(25,26)27)15-7-9-31(10-8-15)22(32)21-20(36-18-5-6-18)12-17(13-30-21)24(28,29)35/h2-4,11-15,18H,5-10,35H2,1H3. The molecule has 0 N–H and O–H groups in total. The first kappa shape index (κ1) is 28.2. The minimum absolute atomic E-state index is 0.0954. The maximum atomic E-state index is 13.8. The maximum absolute atomic E-state index is 13.8. The average molecular weight is 581 g/mol. The Kier molecular flexibility index (Phi) is 7.95. The first-order chi connectivity index (χ1) is 17.2. The van der Waals surface area contributed by atoms with Gasteiger partial charge < -0.3 is 4.90 Å². The third-order valence-electron chi connectivity index (χ3n) is 6.73. The number of hydrogen-bond acceptors (Lipinski definition) is 5. The molecule has 1 aliphatic carbocycles. The van der Waals surface area contributed by atoms with E-state index < -0.39 is 38.4 Å². The molecule has 5 nitrogen and oxygen atoms in total. The van der Waals surface area contributed by atoms with Crippen LogP contribution in [-0.4, -0.2) is 47.8 Å². The molecule has 1 saturated carbocycles. The lowest BCUT2D eigenvalue weighted by molar-refractivity contribution is -0.137. The van der Waals surface area contributed by atoms with Crippen LogP contribution in [0.15, 0.2) is 46.3 Å². The van der Waals surface area contributed by atoms with Gasteiger partial charge in [-0.05, 0) is 62.8 Å². The average Bonchev–Trinajstić information content (AvgIpc) is 3.66. The Bertz CT molecular complexity index is 1270. The van der Waals surface area contributed by atoms with Crippen molar-refractivity contribution in [3.8, 4) is 0 Å². The number of benzene rings is 1. The maximum Gasteiger partial charge on any atom is 0.416 e. The van der Waals surface area contributed by atoms with Gasteiger partial charge in [0.15, 0.2) is 9.84 Å². The molecule has 13 heteroatoms. The van der Waals surface area contributed by atoms with E-state index in [9.17, 15) is 35.2 Å². The van der Waals surface area contributed by atoms with E-state index in [-0.39, 0.29) is 40.4 Å². The number of pyridine rings is 1. The largest absolute Gasteiger partial charge is 0.416 e. The number of likely N-dealkylation sites (tertiary alicyclic amines) is 1. The summed E-state index contributed by atoms with van der Waals surface area (Å²) in [6.45, 7) is 1.93. The fourth-order valence-electron chi connectivity index (χ4n) is 4.28. The van der Waals surface area contributed by atoms with Crippen LogP contribution in [-0.2, 0) is 21.7 Å². The van der Waals surface area contributed by atoms with Gasteiger partial charge in [0.1, 0.15) is 5.69 Å². The number of piperidine rings is 1. The summed E-state index contributed by atoms with van der Waals surface area (Å²) in [5.74, 6) is -0.774. The molecule has 1 aromatic heterocycles. The van der Waals surface area contributed by atoms with Gasteiger partial charge in [0.05, 0.1) is 15.7 Å². The van der Waals surface area contributed by atoms with E-state index in [1.54, 1.807) is 0 Å². The Hall–Kier alpha value is -1.78. The van der Waals surface area contributed by atoms with Crippen molar-refractivity contribution in [2.45, 2.75) is 64.7 Å². The van der Waals surface area contributed by atoms with Gasteiger partial charge in [0.25, 0.3) is 11.6 Å². The highest BCUT2D eigenvalue weighted by molar-refractivity contribution is 8.00. The zero-order valence-corrected chi connectivity index (χ0v) is 22.6. The van der Waals surface area contributed by atoms with Crippen LogP contribution >= 0.6 is 21.0 Å². The molecule has 2 unspecified atom stereocenters. The van der Waals surface area contributed by atoms with Crippen LogP contribution in [0.4, 0.5) is 22.0 Å². The molecule has 37 heavy (non-hydrogen) atoms. The number of carbonyl (C=O) groups is 1. The minimum Gasteiger partial charge on any atom is -0.337 e. The first-order valence-electron chi connectivity index (χ1n) is 11.7. The van der Waals surface area contributed by atoms with E-state index in [2.05, 4.69) is 4.98 Å². The number of halogens is 5. The summed E-state index contributed by atoms with van der Waals surface area (Å²) < 4.78 is 93.0. The molecule has 2 aromatic rings. The Morgan fingerprint density at radius 3 is 2.30 bits per heavy atom. The lowest BCUT2D eigenvalue weighted by Gasteiger charge is -2.34. The summed E-state index contributed by atoms with van der Waals surface area (Å²) in [4.78, 5) is 18.9. The van der Waals surface area contributed by atoms with E-state index in [0.29, 0.717) is 23.8 Å². The van der Waals surface area contributed by atoms with Gasteiger partial charge in [0.2, 0.25) is 0 Å². The molecule has 1 aliphatic heterocycles. The van der Waals surface area contributed by atoms with Crippen molar-refractivity contribution in [1.82, 2.24) is 9.88 Å². The minimum atomic E-state index is -4.66. The van der Waals surface area contributed by atoms with Crippen LogP contribution in [0.2, 0.25) is 0 Å². The fraction of sp³-hybridized carbons (Fsp3) is 0.500. The fourth-order valence-corrected chi connectivity index (χ4v) is 7.38. The lowest BCUT2D eigenvalue weighted by atomic mass is 9.94. The highest BCUT2D eigenvalue weighted by Crippen LogP contribution is 2.43. The highest BCUT2D eigenvalue weighted by Gasteiger charge is 2.38. The molecule has 0 bridgehead atoms. The summed E-state index contributed by atoms with van der Waals surface area (Å²) in [6.07, 6.45) is -1.13. The summed E-state index contributed by atoms with van der Waals surface area (Å²) in [7, 11) is -2.57. The van der Waals surface area contributed by atoms with Crippen LogP contribution in [0.5, 0.6) is 0 Å². The summed E-state index contributed by atoms with van der Waals surface area (Å²) in [5, 5.41) is -0.690. The van der Waals surface area contributed by atoms with Crippen molar-refractivity contribution in [1.29, 1.82) is 0 Å². The van der Waals surface area contributed by atoms with Crippen molar-refractivity contribution in [2.75, 3.05) is 13.1 Å². The molecule has 2 fully saturated rings. The van der Waals surface area contributed by atoms with Crippen LogP contribution < -0.4 is 0 Å². The molecule has 0 spiro atoms. The van der Waals surface area contributed by atoms with Gasteiger partial charge in [-0.1, -0.05) is 15.3 Å².